The molecule has 20 heavy (non-hydrogen) atoms. The molecule has 0 fully saturated rings. The summed E-state index contributed by atoms with van der Waals surface area (Å²) < 4.78 is 1.82. The van der Waals surface area contributed by atoms with Gasteiger partial charge in [-0.1, -0.05) is 13.8 Å². The van der Waals surface area contributed by atoms with Gasteiger partial charge in [0.25, 0.3) is 0 Å². The van der Waals surface area contributed by atoms with E-state index in [2.05, 4.69) is 29.2 Å². The minimum Gasteiger partial charge on any atom is -0.388 e. The van der Waals surface area contributed by atoms with E-state index in [-0.39, 0.29) is 0 Å². The normalized spacial score (nSPS) is 13.2. The Labute approximate surface area is 120 Å². The highest BCUT2D eigenvalue weighted by atomic mass is 16.3. The molecule has 5 heteroatoms. The molecule has 0 saturated heterocycles. The molecule has 0 aliphatic rings. The van der Waals surface area contributed by atoms with Crippen LogP contribution < -0.4 is 5.32 Å². The van der Waals surface area contributed by atoms with Gasteiger partial charge in [-0.25, -0.2) is 9.50 Å². The summed E-state index contributed by atoms with van der Waals surface area (Å²) in [7, 11) is 0. The fourth-order valence-corrected chi connectivity index (χ4v) is 1.77. The Morgan fingerprint density at radius 1 is 1.25 bits per heavy atom. The third-order valence-electron chi connectivity index (χ3n) is 3.96. The summed E-state index contributed by atoms with van der Waals surface area (Å²) in [5.41, 5.74) is 0.572. The number of fused-ring (bicyclic) bond motifs is 1. The molecule has 0 aliphatic heterocycles. The summed E-state index contributed by atoms with van der Waals surface area (Å²) in [6, 6.07) is 2.04. The van der Waals surface area contributed by atoms with Gasteiger partial charge in [0, 0.05) is 12.4 Å². The first-order valence-corrected chi connectivity index (χ1v) is 6.96. The Balaban J connectivity index is 2.45. The van der Waals surface area contributed by atoms with E-state index in [0.29, 0.717) is 5.92 Å². The van der Waals surface area contributed by atoms with Gasteiger partial charge < -0.3 is 10.4 Å². The van der Waals surface area contributed by atoms with E-state index in [9.17, 15) is 5.11 Å². The Morgan fingerprint density at radius 2 is 1.90 bits per heavy atom. The summed E-state index contributed by atoms with van der Waals surface area (Å²) in [6.07, 6.45) is 3.55. The van der Waals surface area contributed by atoms with Crippen molar-refractivity contribution in [1.82, 2.24) is 14.6 Å². The van der Waals surface area contributed by atoms with Gasteiger partial charge in [-0.3, -0.25) is 0 Å². The summed E-state index contributed by atoms with van der Waals surface area (Å²) >= 11 is 0. The Bertz CT molecular complexity index is 608. The van der Waals surface area contributed by atoms with Gasteiger partial charge in [-0.15, -0.1) is 0 Å². The standard InChI is InChI=1S/C15H24N4O/c1-10(2)11-9-12-13(16-7-8-19(12)18-11)17-14(3,4)15(5,6)20/h7-10,20H,1-6H3,(H,16,17). The largest absolute Gasteiger partial charge is 0.388 e. The Kier molecular flexibility index (Phi) is 3.50. The third-order valence-corrected chi connectivity index (χ3v) is 3.96. The quantitative estimate of drug-likeness (QED) is 0.901. The minimum absolute atomic E-state index is 0.366. The number of aliphatic hydroxyl groups is 1. The molecule has 0 atom stereocenters. The zero-order chi connectivity index (χ0) is 15.1. The molecule has 0 unspecified atom stereocenters. The third kappa shape index (κ3) is 2.63. The first kappa shape index (κ1) is 14.8. The first-order valence-electron chi connectivity index (χ1n) is 6.96. The SMILES string of the molecule is CC(C)c1cc2c(NC(C)(C)C(C)(C)O)nccn2n1. The van der Waals surface area contributed by atoms with Gasteiger partial charge in [0.15, 0.2) is 5.82 Å². The number of nitrogens with one attached hydrogen (secondary N) is 1. The van der Waals surface area contributed by atoms with Crippen LogP contribution in [-0.4, -0.2) is 30.8 Å². The lowest BCUT2D eigenvalue weighted by Gasteiger charge is -2.38. The lowest BCUT2D eigenvalue weighted by molar-refractivity contribution is 0.0239. The number of rotatable bonds is 4. The molecular formula is C15H24N4O. The van der Waals surface area contributed by atoms with Crippen LogP contribution in [0, 0.1) is 0 Å². The van der Waals surface area contributed by atoms with Crippen LogP contribution in [0.25, 0.3) is 5.52 Å². The van der Waals surface area contributed by atoms with Gasteiger partial charge in [-0.2, -0.15) is 5.10 Å². The number of anilines is 1. The van der Waals surface area contributed by atoms with Crippen molar-refractivity contribution in [2.24, 2.45) is 0 Å². The number of hydrogen-bond acceptors (Lipinski definition) is 4. The van der Waals surface area contributed by atoms with Gasteiger partial charge in [0.1, 0.15) is 5.52 Å². The molecule has 5 nitrogen and oxygen atoms in total. The second-order valence-corrected chi connectivity index (χ2v) is 6.64. The molecule has 0 aliphatic carbocycles. The average molecular weight is 276 g/mol. The van der Waals surface area contributed by atoms with Crippen molar-refractivity contribution >= 4 is 11.3 Å². The first-order chi connectivity index (χ1) is 9.12. The van der Waals surface area contributed by atoms with Gasteiger partial charge in [0.05, 0.1) is 16.8 Å². The highest BCUT2D eigenvalue weighted by Gasteiger charge is 2.35. The van der Waals surface area contributed by atoms with Crippen molar-refractivity contribution in [3.8, 4) is 0 Å². The monoisotopic (exact) mass is 276 g/mol. The minimum atomic E-state index is -0.873. The average Bonchev–Trinajstić information content (AvgIpc) is 2.72. The highest BCUT2D eigenvalue weighted by molar-refractivity contribution is 5.68. The lowest BCUT2D eigenvalue weighted by Crippen LogP contribution is -2.51. The molecule has 0 radical (unpaired) electrons. The molecule has 2 rings (SSSR count). The summed E-state index contributed by atoms with van der Waals surface area (Å²) in [6.45, 7) is 11.7. The second-order valence-electron chi connectivity index (χ2n) is 6.64. The molecular weight excluding hydrogens is 252 g/mol. The van der Waals surface area contributed by atoms with Crippen LogP contribution in [0.3, 0.4) is 0 Å². The second kappa shape index (κ2) is 4.74. The van der Waals surface area contributed by atoms with E-state index >= 15 is 0 Å². The van der Waals surface area contributed by atoms with Crippen LogP contribution in [0.2, 0.25) is 0 Å². The van der Waals surface area contributed by atoms with Crippen molar-refractivity contribution in [2.75, 3.05) is 5.32 Å². The van der Waals surface area contributed by atoms with Gasteiger partial charge in [-0.05, 0) is 39.7 Å². The molecule has 0 saturated carbocycles. The summed E-state index contributed by atoms with van der Waals surface area (Å²) in [4.78, 5) is 4.40. The zero-order valence-electron chi connectivity index (χ0n) is 13.1. The van der Waals surface area contributed by atoms with Crippen LogP contribution >= 0.6 is 0 Å². The number of aromatic nitrogens is 3. The van der Waals surface area contributed by atoms with Crippen molar-refractivity contribution in [3.63, 3.8) is 0 Å². The summed E-state index contributed by atoms with van der Waals surface area (Å²) in [5.74, 6) is 1.10. The predicted octanol–water partition coefficient (Wildman–Crippen LogP) is 2.81. The van der Waals surface area contributed by atoms with Gasteiger partial charge >= 0.3 is 0 Å². The van der Waals surface area contributed by atoms with E-state index in [0.717, 1.165) is 17.0 Å². The summed E-state index contributed by atoms with van der Waals surface area (Å²) in [5, 5.41) is 18.1. The van der Waals surface area contributed by atoms with Crippen molar-refractivity contribution in [1.29, 1.82) is 0 Å². The maximum atomic E-state index is 10.3. The van der Waals surface area contributed by atoms with Crippen molar-refractivity contribution in [2.45, 2.75) is 58.6 Å². The van der Waals surface area contributed by atoms with Crippen LogP contribution in [0.4, 0.5) is 5.82 Å². The van der Waals surface area contributed by atoms with Crippen LogP contribution in [0.5, 0.6) is 0 Å². The topological polar surface area (TPSA) is 62.5 Å². The maximum Gasteiger partial charge on any atom is 0.152 e. The molecule has 0 spiro atoms. The lowest BCUT2D eigenvalue weighted by atomic mass is 9.86. The van der Waals surface area contributed by atoms with Crippen molar-refractivity contribution in [3.05, 3.63) is 24.2 Å². The zero-order valence-corrected chi connectivity index (χ0v) is 13.1. The molecule has 0 amide bonds. The molecule has 2 heterocycles. The molecule has 110 valence electrons. The fraction of sp³-hybridized carbons (Fsp3) is 0.600. The number of nitrogens with zero attached hydrogens (tertiary/aromatic N) is 3. The fourth-order valence-electron chi connectivity index (χ4n) is 1.77. The van der Waals surface area contributed by atoms with E-state index in [1.54, 1.807) is 20.0 Å². The van der Waals surface area contributed by atoms with E-state index in [1.165, 1.54) is 0 Å². The van der Waals surface area contributed by atoms with E-state index in [1.807, 2.05) is 30.6 Å². The molecule has 2 aromatic heterocycles. The van der Waals surface area contributed by atoms with Crippen LogP contribution in [-0.2, 0) is 0 Å². The Hall–Kier alpha value is -1.62. The van der Waals surface area contributed by atoms with E-state index < -0.39 is 11.1 Å². The van der Waals surface area contributed by atoms with Crippen molar-refractivity contribution < 1.29 is 5.11 Å². The van der Waals surface area contributed by atoms with Crippen LogP contribution in [0.1, 0.15) is 53.2 Å². The molecule has 0 aromatic carbocycles. The van der Waals surface area contributed by atoms with Crippen LogP contribution in [0.15, 0.2) is 18.5 Å². The highest BCUT2D eigenvalue weighted by Crippen LogP contribution is 2.28. The smallest absolute Gasteiger partial charge is 0.152 e. The molecule has 2 aromatic rings. The maximum absolute atomic E-state index is 10.3. The number of hydrogen-bond donors (Lipinski definition) is 2. The molecule has 2 N–H and O–H groups in total. The predicted molar refractivity (Wildman–Crippen MR) is 81.1 cm³/mol. The molecule has 0 bridgehead atoms. The Morgan fingerprint density at radius 3 is 2.45 bits per heavy atom. The van der Waals surface area contributed by atoms with Gasteiger partial charge in [0.2, 0.25) is 0 Å². The van der Waals surface area contributed by atoms with E-state index in [4.69, 9.17) is 0 Å².